The minimum atomic E-state index is -0.570. The number of hydrogen-bond donors (Lipinski definition) is 2. The maximum Gasteiger partial charge on any atom is 0.293 e. The highest BCUT2D eigenvalue weighted by molar-refractivity contribution is 6.38. The van der Waals surface area contributed by atoms with Crippen LogP contribution in [0.4, 0.5) is 5.82 Å². The van der Waals surface area contributed by atoms with Gasteiger partial charge in [-0.25, -0.2) is 10.1 Å². The number of carbonyl (C=O) groups is 1. The topological polar surface area (TPSA) is 137 Å². The van der Waals surface area contributed by atoms with E-state index in [1.807, 2.05) is 13.8 Å². The van der Waals surface area contributed by atoms with Crippen LogP contribution in [-0.2, 0) is 0 Å². The molecular formula is C15H14Cl2N8O2. The van der Waals surface area contributed by atoms with Gasteiger partial charge in [0.25, 0.3) is 5.91 Å². The van der Waals surface area contributed by atoms with Gasteiger partial charge in [0.1, 0.15) is 0 Å². The van der Waals surface area contributed by atoms with Crippen LogP contribution < -0.4 is 11.2 Å². The fraction of sp³-hybridized carbons (Fsp3) is 0.200. The molecule has 1 amide bonds. The van der Waals surface area contributed by atoms with Gasteiger partial charge in [0.2, 0.25) is 11.6 Å². The quantitative estimate of drug-likeness (QED) is 0.488. The predicted octanol–water partition coefficient (Wildman–Crippen LogP) is 2.43. The molecule has 0 saturated carbocycles. The van der Waals surface area contributed by atoms with Gasteiger partial charge in [0.15, 0.2) is 5.69 Å². The molecule has 27 heavy (non-hydrogen) atoms. The summed E-state index contributed by atoms with van der Waals surface area (Å²) in [5, 5.41) is 19.7. The van der Waals surface area contributed by atoms with Gasteiger partial charge >= 0.3 is 0 Å². The Balaban J connectivity index is 1.86. The van der Waals surface area contributed by atoms with Crippen LogP contribution in [0.1, 0.15) is 41.5 Å². The van der Waals surface area contributed by atoms with Crippen LogP contribution >= 0.6 is 23.2 Å². The SMILES string of the molecule is CC(C)c1c(C(=O)N/N=C/c2c(Cl)cccc2Cl)nnn1-c1nonc1N. The lowest BCUT2D eigenvalue weighted by atomic mass is 10.1. The molecule has 10 nitrogen and oxygen atoms in total. The van der Waals surface area contributed by atoms with E-state index in [9.17, 15) is 4.79 Å². The van der Waals surface area contributed by atoms with Crippen molar-refractivity contribution in [1.29, 1.82) is 0 Å². The van der Waals surface area contributed by atoms with Crippen molar-refractivity contribution in [3.05, 3.63) is 45.2 Å². The lowest BCUT2D eigenvalue weighted by molar-refractivity contribution is 0.0948. The Morgan fingerprint density at radius 1 is 1.33 bits per heavy atom. The van der Waals surface area contributed by atoms with Crippen molar-refractivity contribution in [3.63, 3.8) is 0 Å². The summed E-state index contributed by atoms with van der Waals surface area (Å²) >= 11 is 12.1. The largest absolute Gasteiger partial charge is 0.378 e. The summed E-state index contributed by atoms with van der Waals surface area (Å²) in [7, 11) is 0. The van der Waals surface area contributed by atoms with Crippen molar-refractivity contribution in [1.82, 2.24) is 30.7 Å². The van der Waals surface area contributed by atoms with Crippen molar-refractivity contribution >= 4 is 41.1 Å². The fourth-order valence-corrected chi connectivity index (χ4v) is 2.80. The number of halogens is 2. The first kappa shape index (κ1) is 18.8. The second-order valence-electron chi connectivity index (χ2n) is 5.70. The molecule has 0 aliphatic carbocycles. The number of nitrogens with one attached hydrogen (secondary N) is 1. The molecule has 3 aromatic rings. The minimum Gasteiger partial charge on any atom is -0.378 e. The summed E-state index contributed by atoms with van der Waals surface area (Å²) in [6.07, 6.45) is 1.35. The Morgan fingerprint density at radius 3 is 2.63 bits per heavy atom. The smallest absolute Gasteiger partial charge is 0.293 e. The lowest BCUT2D eigenvalue weighted by Gasteiger charge is -2.08. The molecule has 0 saturated heterocycles. The van der Waals surface area contributed by atoms with E-state index in [0.29, 0.717) is 21.3 Å². The zero-order valence-electron chi connectivity index (χ0n) is 14.2. The van der Waals surface area contributed by atoms with E-state index < -0.39 is 5.91 Å². The molecule has 140 valence electrons. The molecule has 0 bridgehead atoms. The summed E-state index contributed by atoms with van der Waals surface area (Å²) in [6, 6.07) is 5.03. The summed E-state index contributed by atoms with van der Waals surface area (Å²) in [5.74, 6) is -0.519. The number of nitrogen functional groups attached to an aromatic ring is 1. The maximum absolute atomic E-state index is 12.5. The van der Waals surface area contributed by atoms with Gasteiger partial charge < -0.3 is 5.73 Å². The van der Waals surface area contributed by atoms with E-state index in [2.05, 4.69) is 35.8 Å². The highest BCUT2D eigenvalue weighted by Crippen LogP contribution is 2.23. The van der Waals surface area contributed by atoms with E-state index in [0.717, 1.165) is 0 Å². The molecule has 0 radical (unpaired) electrons. The fourth-order valence-electron chi connectivity index (χ4n) is 2.31. The van der Waals surface area contributed by atoms with Gasteiger partial charge in [-0.2, -0.15) is 9.78 Å². The molecule has 0 aliphatic heterocycles. The Morgan fingerprint density at radius 2 is 2.04 bits per heavy atom. The number of hydrazone groups is 1. The van der Waals surface area contributed by atoms with E-state index in [1.165, 1.54) is 10.9 Å². The molecule has 2 heterocycles. The third-order valence-electron chi connectivity index (χ3n) is 3.52. The molecule has 0 spiro atoms. The molecule has 12 heteroatoms. The van der Waals surface area contributed by atoms with Gasteiger partial charge in [0, 0.05) is 5.56 Å². The molecule has 3 N–H and O–H groups in total. The van der Waals surface area contributed by atoms with Crippen LogP contribution in [0.3, 0.4) is 0 Å². The Hall–Kier alpha value is -2.98. The maximum atomic E-state index is 12.5. The molecule has 3 rings (SSSR count). The molecule has 2 aromatic heterocycles. The second kappa shape index (κ2) is 7.72. The average Bonchev–Trinajstić information content (AvgIpc) is 3.23. The summed E-state index contributed by atoms with van der Waals surface area (Å²) in [5.41, 5.74) is 9.09. The first-order valence-corrected chi connectivity index (χ1v) is 8.47. The number of aromatic nitrogens is 5. The van der Waals surface area contributed by atoms with Crippen LogP contribution in [-0.4, -0.2) is 37.4 Å². The zero-order chi connectivity index (χ0) is 19.6. The van der Waals surface area contributed by atoms with Gasteiger partial charge in [-0.15, -0.1) is 5.10 Å². The van der Waals surface area contributed by atoms with Crippen molar-refractivity contribution in [2.75, 3.05) is 5.73 Å². The highest BCUT2D eigenvalue weighted by atomic mass is 35.5. The monoisotopic (exact) mass is 408 g/mol. The number of amides is 1. The van der Waals surface area contributed by atoms with Gasteiger partial charge in [-0.05, 0) is 28.4 Å². The first-order chi connectivity index (χ1) is 12.9. The van der Waals surface area contributed by atoms with Crippen LogP contribution in [0.25, 0.3) is 5.82 Å². The molecule has 1 aromatic carbocycles. The highest BCUT2D eigenvalue weighted by Gasteiger charge is 2.25. The van der Waals surface area contributed by atoms with Gasteiger partial charge in [-0.1, -0.05) is 48.3 Å². The number of anilines is 1. The number of nitrogens with zero attached hydrogens (tertiary/aromatic N) is 6. The van der Waals surface area contributed by atoms with Gasteiger partial charge in [-0.3, -0.25) is 4.79 Å². The number of benzene rings is 1. The van der Waals surface area contributed by atoms with Crippen molar-refractivity contribution in [3.8, 4) is 5.82 Å². The molecule has 0 fully saturated rings. The number of rotatable bonds is 5. The van der Waals surface area contributed by atoms with Gasteiger partial charge in [0.05, 0.1) is 22.0 Å². The number of nitrogens with two attached hydrogens (primary N) is 1. The van der Waals surface area contributed by atoms with Crippen molar-refractivity contribution in [2.24, 2.45) is 5.10 Å². The normalized spacial score (nSPS) is 11.4. The first-order valence-electron chi connectivity index (χ1n) is 7.71. The lowest BCUT2D eigenvalue weighted by Crippen LogP contribution is -2.21. The summed E-state index contributed by atoms with van der Waals surface area (Å²) in [4.78, 5) is 12.5. The zero-order valence-corrected chi connectivity index (χ0v) is 15.7. The van der Waals surface area contributed by atoms with E-state index >= 15 is 0 Å². The third-order valence-corrected chi connectivity index (χ3v) is 4.18. The Kier molecular flexibility index (Phi) is 5.38. The standard InChI is InChI=1S/C15H14Cl2N8O2/c1-7(2)12-11(20-24-25(12)14-13(18)22-27-23-14)15(26)21-19-6-8-9(16)4-3-5-10(8)17/h3-7H,1-2H3,(H2,18,22)(H,21,26)/b19-6+. The van der Waals surface area contributed by atoms with E-state index in [4.69, 9.17) is 28.9 Å². The second-order valence-corrected chi connectivity index (χ2v) is 6.51. The molecule has 0 unspecified atom stereocenters. The summed E-state index contributed by atoms with van der Waals surface area (Å²) in [6.45, 7) is 3.73. The van der Waals surface area contributed by atoms with Crippen LogP contribution in [0, 0.1) is 0 Å². The number of hydrogen-bond acceptors (Lipinski definition) is 8. The molecule has 0 atom stereocenters. The summed E-state index contributed by atoms with van der Waals surface area (Å²) < 4.78 is 5.88. The van der Waals surface area contributed by atoms with E-state index in [1.54, 1.807) is 18.2 Å². The van der Waals surface area contributed by atoms with E-state index in [-0.39, 0.29) is 23.2 Å². The molecular weight excluding hydrogens is 395 g/mol. The Bertz CT molecular complexity index is 991. The average molecular weight is 409 g/mol. The van der Waals surface area contributed by atoms with Crippen molar-refractivity contribution < 1.29 is 9.42 Å². The number of carbonyl (C=O) groups excluding carboxylic acids is 1. The van der Waals surface area contributed by atoms with Crippen LogP contribution in [0.15, 0.2) is 27.9 Å². The Labute approximate surface area is 163 Å². The van der Waals surface area contributed by atoms with Crippen LogP contribution in [0.2, 0.25) is 10.0 Å². The predicted molar refractivity (Wildman–Crippen MR) is 99.2 cm³/mol. The minimum absolute atomic E-state index is 0.0279. The third kappa shape index (κ3) is 3.76. The van der Waals surface area contributed by atoms with Crippen molar-refractivity contribution in [2.45, 2.75) is 19.8 Å². The van der Waals surface area contributed by atoms with Crippen LogP contribution in [0.5, 0.6) is 0 Å². The molecule has 0 aliphatic rings.